The van der Waals surface area contributed by atoms with Crippen LogP contribution in [0.1, 0.15) is 34.5 Å². The van der Waals surface area contributed by atoms with Crippen LogP contribution in [-0.4, -0.2) is 20.4 Å². The summed E-state index contributed by atoms with van der Waals surface area (Å²) < 4.78 is 15.4. The first-order chi connectivity index (χ1) is 14.9. The SMILES string of the molecule is CC(NC(=O)c1cc2cc(Br)cnc2n(Cc2cccnc2)c1=O)c1ccc(F)cc1. The van der Waals surface area contributed by atoms with E-state index < -0.39 is 17.5 Å². The van der Waals surface area contributed by atoms with E-state index in [0.717, 1.165) is 15.6 Å². The van der Waals surface area contributed by atoms with E-state index in [9.17, 15) is 14.0 Å². The van der Waals surface area contributed by atoms with Gasteiger partial charge in [-0.05, 0) is 64.3 Å². The van der Waals surface area contributed by atoms with Crippen LogP contribution in [-0.2, 0) is 6.54 Å². The lowest BCUT2D eigenvalue weighted by molar-refractivity contribution is 0.0938. The van der Waals surface area contributed by atoms with Crippen LogP contribution in [0.3, 0.4) is 0 Å². The number of halogens is 2. The minimum atomic E-state index is -0.511. The summed E-state index contributed by atoms with van der Waals surface area (Å²) in [6, 6.07) is 12.4. The number of hydrogen-bond acceptors (Lipinski definition) is 4. The van der Waals surface area contributed by atoms with Gasteiger partial charge >= 0.3 is 0 Å². The van der Waals surface area contributed by atoms with Gasteiger partial charge in [-0.1, -0.05) is 18.2 Å². The molecule has 3 heterocycles. The minimum absolute atomic E-state index is 0.00486. The first-order valence-electron chi connectivity index (χ1n) is 9.56. The summed E-state index contributed by atoms with van der Waals surface area (Å²) in [7, 11) is 0. The van der Waals surface area contributed by atoms with Crippen molar-refractivity contribution in [1.29, 1.82) is 0 Å². The Morgan fingerprint density at radius 3 is 2.68 bits per heavy atom. The van der Waals surface area contributed by atoms with Crippen LogP contribution in [0.5, 0.6) is 0 Å². The smallest absolute Gasteiger partial charge is 0.265 e. The van der Waals surface area contributed by atoms with E-state index in [2.05, 4.69) is 31.2 Å². The molecular weight excluding hydrogens is 463 g/mol. The standard InChI is InChI=1S/C23H18BrFN4O2/c1-14(16-4-6-19(25)7-5-16)28-22(30)20-10-17-9-18(24)12-27-21(17)29(23(20)31)13-15-3-2-8-26-11-15/h2-12,14H,13H2,1H3,(H,28,30). The lowest BCUT2D eigenvalue weighted by Crippen LogP contribution is -2.35. The van der Waals surface area contributed by atoms with Crippen molar-refractivity contribution >= 4 is 32.9 Å². The Morgan fingerprint density at radius 2 is 1.97 bits per heavy atom. The third kappa shape index (κ3) is 4.54. The molecule has 0 radical (unpaired) electrons. The Morgan fingerprint density at radius 1 is 1.19 bits per heavy atom. The zero-order valence-electron chi connectivity index (χ0n) is 16.5. The van der Waals surface area contributed by atoms with Gasteiger partial charge in [0.05, 0.1) is 12.6 Å². The number of amides is 1. The minimum Gasteiger partial charge on any atom is -0.345 e. The molecule has 1 aromatic carbocycles. The molecule has 4 rings (SSSR count). The number of benzene rings is 1. The molecule has 0 fully saturated rings. The van der Waals surface area contributed by atoms with Crippen molar-refractivity contribution in [3.8, 4) is 0 Å². The maximum atomic E-state index is 13.3. The van der Waals surface area contributed by atoms with Crippen molar-refractivity contribution in [2.45, 2.75) is 19.5 Å². The zero-order chi connectivity index (χ0) is 22.0. The number of pyridine rings is 3. The van der Waals surface area contributed by atoms with Gasteiger partial charge < -0.3 is 5.32 Å². The Balaban J connectivity index is 1.74. The number of rotatable bonds is 5. The lowest BCUT2D eigenvalue weighted by Gasteiger charge is -2.16. The zero-order valence-corrected chi connectivity index (χ0v) is 18.1. The summed E-state index contributed by atoms with van der Waals surface area (Å²) in [5, 5.41) is 3.47. The van der Waals surface area contributed by atoms with Crippen molar-refractivity contribution in [1.82, 2.24) is 19.9 Å². The van der Waals surface area contributed by atoms with Crippen LogP contribution in [0.15, 0.2) is 76.4 Å². The van der Waals surface area contributed by atoms with Crippen molar-refractivity contribution < 1.29 is 9.18 Å². The predicted molar refractivity (Wildman–Crippen MR) is 119 cm³/mol. The Bertz CT molecular complexity index is 1310. The highest BCUT2D eigenvalue weighted by molar-refractivity contribution is 9.10. The topological polar surface area (TPSA) is 76.9 Å². The van der Waals surface area contributed by atoms with E-state index in [1.54, 1.807) is 49.8 Å². The molecule has 0 saturated carbocycles. The average Bonchev–Trinajstić information content (AvgIpc) is 2.76. The van der Waals surface area contributed by atoms with Crippen molar-refractivity contribution in [2.24, 2.45) is 0 Å². The van der Waals surface area contributed by atoms with Crippen LogP contribution in [0, 0.1) is 5.82 Å². The Hall–Kier alpha value is -3.39. The maximum absolute atomic E-state index is 13.3. The van der Waals surface area contributed by atoms with Crippen LogP contribution >= 0.6 is 15.9 Å². The summed E-state index contributed by atoms with van der Waals surface area (Å²) in [6.07, 6.45) is 4.93. The first-order valence-corrected chi connectivity index (χ1v) is 10.4. The summed E-state index contributed by atoms with van der Waals surface area (Å²) in [6.45, 7) is 2.00. The predicted octanol–water partition coefficient (Wildman–Crippen LogP) is 4.23. The molecule has 1 unspecified atom stereocenters. The van der Waals surface area contributed by atoms with Gasteiger partial charge in [0.15, 0.2) is 0 Å². The number of carbonyl (C=O) groups is 1. The molecular formula is C23H18BrFN4O2. The Kier molecular flexibility index (Phi) is 5.90. The van der Waals surface area contributed by atoms with Gasteiger partial charge in [0.2, 0.25) is 0 Å². The van der Waals surface area contributed by atoms with Crippen molar-refractivity contribution in [2.75, 3.05) is 0 Å². The molecule has 0 aliphatic carbocycles. The number of aromatic nitrogens is 3. The second kappa shape index (κ2) is 8.77. The van der Waals surface area contributed by atoms with Crippen LogP contribution in [0.25, 0.3) is 11.0 Å². The molecule has 1 atom stereocenters. The largest absolute Gasteiger partial charge is 0.345 e. The van der Waals surface area contributed by atoms with Crippen molar-refractivity contribution in [3.63, 3.8) is 0 Å². The van der Waals surface area contributed by atoms with Gasteiger partial charge in [-0.25, -0.2) is 9.37 Å². The molecule has 156 valence electrons. The molecule has 8 heteroatoms. The summed E-state index contributed by atoms with van der Waals surface area (Å²) >= 11 is 3.39. The fraction of sp³-hybridized carbons (Fsp3) is 0.130. The number of nitrogens with zero attached hydrogens (tertiary/aromatic N) is 3. The molecule has 0 aliphatic heterocycles. The van der Waals surface area contributed by atoms with Gasteiger partial charge in [-0.2, -0.15) is 0 Å². The average molecular weight is 481 g/mol. The van der Waals surface area contributed by atoms with E-state index >= 15 is 0 Å². The Labute approximate surface area is 185 Å². The van der Waals surface area contributed by atoms with Crippen LogP contribution in [0.4, 0.5) is 4.39 Å². The van der Waals surface area contributed by atoms with E-state index in [1.165, 1.54) is 16.7 Å². The van der Waals surface area contributed by atoms with E-state index in [-0.39, 0.29) is 17.9 Å². The second-order valence-electron chi connectivity index (χ2n) is 7.12. The lowest BCUT2D eigenvalue weighted by atomic mass is 10.1. The molecule has 1 amide bonds. The molecule has 4 aromatic rings. The summed E-state index contributed by atoms with van der Waals surface area (Å²) in [5.41, 5.74) is 1.57. The van der Waals surface area contributed by atoms with Crippen molar-refractivity contribution in [3.05, 3.63) is 104 Å². The molecule has 6 nitrogen and oxygen atoms in total. The molecule has 3 aromatic heterocycles. The fourth-order valence-corrected chi connectivity index (χ4v) is 3.68. The van der Waals surface area contributed by atoms with Gasteiger partial charge in [-0.15, -0.1) is 0 Å². The van der Waals surface area contributed by atoms with Gasteiger partial charge in [-0.3, -0.25) is 19.1 Å². The number of carbonyl (C=O) groups excluding carboxylic acids is 1. The highest BCUT2D eigenvalue weighted by Crippen LogP contribution is 2.19. The fourth-order valence-electron chi connectivity index (χ4n) is 3.33. The summed E-state index contributed by atoms with van der Waals surface area (Å²) in [4.78, 5) is 34.7. The third-order valence-corrected chi connectivity index (χ3v) is 5.35. The highest BCUT2D eigenvalue weighted by atomic mass is 79.9. The third-order valence-electron chi connectivity index (χ3n) is 4.92. The van der Waals surface area contributed by atoms with Gasteiger partial charge in [0, 0.05) is 28.4 Å². The second-order valence-corrected chi connectivity index (χ2v) is 8.04. The normalized spacial score (nSPS) is 12.0. The van der Waals surface area contributed by atoms with E-state index in [1.807, 2.05) is 12.1 Å². The molecule has 0 aliphatic rings. The molecule has 0 bridgehead atoms. The molecule has 1 N–H and O–H groups in total. The molecule has 31 heavy (non-hydrogen) atoms. The van der Waals surface area contributed by atoms with E-state index in [0.29, 0.717) is 11.0 Å². The van der Waals surface area contributed by atoms with Gasteiger partial charge in [0.1, 0.15) is 17.0 Å². The highest BCUT2D eigenvalue weighted by Gasteiger charge is 2.19. The number of fused-ring (bicyclic) bond motifs is 1. The number of nitrogens with one attached hydrogen (secondary N) is 1. The van der Waals surface area contributed by atoms with E-state index in [4.69, 9.17) is 0 Å². The quantitative estimate of drug-likeness (QED) is 0.463. The maximum Gasteiger partial charge on any atom is 0.265 e. The summed E-state index contributed by atoms with van der Waals surface area (Å²) in [5.74, 6) is -0.864. The first kappa shape index (κ1) is 20.9. The van der Waals surface area contributed by atoms with Crippen LogP contribution < -0.4 is 10.9 Å². The molecule has 0 spiro atoms. The number of hydrogen-bond donors (Lipinski definition) is 1. The van der Waals surface area contributed by atoms with Crippen LogP contribution in [0.2, 0.25) is 0 Å². The monoisotopic (exact) mass is 480 g/mol. The molecule has 0 saturated heterocycles. The van der Waals surface area contributed by atoms with Gasteiger partial charge in [0.25, 0.3) is 11.5 Å².